The molecule has 0 aliphatic carbocycles. The SMILES string of the molecule is CCCCCC(C)NC(=NC)NCc1cccc(COC)c1. The van der Waals surface area contributed by atoms with Gasteiger partial charge in [-0.2, -0.15) is 0 Å². The van der Waals surface area contributed by atoms with Crippen LogP contribution in [0.15, 0.2) is 29.3 Å². The number of nitrogens with zero attached hydrogens (tertiary/aromatic N) is 1. The molecule has 0 fully saturated rings. The van der Waals surface area contributed by atoms with Crippen molar-refractivity contribution in [2.24, 2.45) is 4.99 Å². The van der Waals surface area contributed by atoms with Crippen LogP contribution in [-0.2, 0) is 17.9 Å². The van der Waals surface area contributed by atoms with Gasteiger partial charge in [-0.15, -0.1) is 0 Å². The lowest BCUT2D eigenvalue weighted by Gasteiger charge is -2.18. The van der Waals surface area contributed by atoms with Crippen LogP contribution in [0.5, 0.6) is 0 Å². The third-order valence-electron chi connectivity index (χ3n) is 3.61. The molecule has 0 radical (unpaired) electrons. The summed E-state index contributed by atoms with van der Waals surface area (Å²) < 4.78 is 5.17. The van der Waals surface area contributed by atoms with Crippen molar-refractivity contribution in [3.63, 3.8) is 0 Å². The van der Waals surface area contributed by atoms with Gasteiger partial charge in [0.25, 0.3) is 0 Å². The summed E-state index contributed by atoms with van der Waals surface area (Å²) >= 11 is 0. The van der Waals surface area contributed by atoms with Gasteiger partial charge >= 0.3 is 0 Å². The number of methoxy groups -OCH3 is 1. The van der Waals surface area contributed by atoms with Gasteiger partial charge < -0.3 is 15.4 Å². The molecule has 4 nitrogen and oxygen atoms in total. The Kier molecular flexibility index (Phi) is 9.31. The molecule has 0 spiro atoms. The highest BCUT2D eigenvalue weighted by Gasteiger charge is 2.05. The van der Waals surface area contributed by atoms with Crippen LogP contribution in [0.2, 0.25) is 0 Å². The summed E-state index contributed by atoms with van der Waals surface area (Å²) in [6, 6.07) is 8.86. The van der Waals surface area contributed by atoms with Crippen LogP contribution >= 0.6 is 0 Å². The predicted octanol–water partition coefficient (Wildman–Crippen LogP) is 3.47. The smallest absolute Gasteiger partial charge is 0.191 e. The van der Waals surface area contributed by atoms with Crippen LogP contribution in [0.4, 0.5) is 0 Å². The standard InChI is InChI=1S/C18H31N3O/c1-5-6-7-9-15(2)21-18(19-3)20-13-16-10-8-11-17(12-16)14-22-4/h8,10-12,15H,5-7,9,13-14H2,1-4H3,(H2,19,20,21). The minimum absolute atomic E-state index is 0.442. The summed E-state index contributed by atoms with van der Waals surface area (Å²) in [6.45, 7) is 5.85. The molecule has 2 N–H and O–H groups in total. The molecule has 0 aliphatic heterocycles. The fraction of sp³-hybridized carbons (Fsp3) is 0.611. The Labute approximate surface area is 135 Å². The van der Waals surface area contributed by atoms with Gasteiger partial charge in [-0.25, -0.2) is 0 Å². The first-order chi connectivity index (χ1) is 10.7. The Bertz CT molecular complexity index is 446. The molecule has 22 heavy (non-hydrogen) atoms. The second-order valence-corrected chi connectivity index (χ2v) is 5.72. The average molecular weight is 305 g/mol. The lowest BCUT2D eigenvalue weighted by molar-refractivity contribution is 0.185. The predicted molar refractivity (Wildman–Crippen MR) is 94.1 cm³/mol. The molecule has 1 aromatic rings. The van der Waals surface area contributed by atoms with E-state index in [0.29, 0.717) is 12.6 Å². The quantitative estimate of drug-likeness (QED) is 0.417. The van der Waals surface area contributed by atoms with Gasteiger partial charge in [0.15, 0.2) is 5.96 Å². The van der Waals surface area contributed by atoms with Crippen LogP contribution in [0.3, 0.4) is 0 Å². The highest BCUT2D eigenvalue weighted by molar-refractivity contribution is 5.79. The summed E-state index contributed by atoms with van der Waals surface area (Å²) in [5, 5.41) is 6.82. The molecule has 4 heteroatoms. The normalized spacial score (nSPS) is 13.0. The van der Waals surface area contributed by atoms with Crippen molar-refractivity contribution in [1.29, 1.82) is 0 Å². The Hall–Kier alpha value is -1.55. The summed E-state index contributed by atoms with van der Waals surface area (Å²) in [5.41, 5.74) is 2.42. The number of nitrogens with one attached hydrogen (secondary N) is 2. The number of benzene rings is 1. The van der Waals surface area contributed by atoms with Gasteiger partial charge in [-0.1, -0.05) is 50.5 Å². The molecule has 124 valence electrons. The molecule has 1 atom stereocenters. The van der Waals surface area contributed by atoms with E-state index < -0.39 is 0 Å². The molecule has 1 unspecified atom stereocenters. The van der Waals surface area contributed by atoms with Gasteiger partial charge in [0.2, 0.25) is 0 Å². The van der Waals surface area contributed by atoms with E-state index in [2.05, 4.69) is 53.7 Å². The van der Waals surface area contributed by atoms with Crippen molar-refractivity contribution in [3.8, 4) is 0 Å². The molecule has 0 aromatic heterocycles. The average Bonchev–Trinajstić information content (AvgIpc) is 2.52. The molecular weight excluding hydrogens is 274 g/mol. The summed E-state index contributed by atoms with van der Waals surface area (Å²) in [4.78, 5) is 4.30. The number of aliphatic imine (C=N–C) groups is 1. The van der Waals surface area contributed by atoms with Crippen molar-refractivity contribution >= 4 is 5.96 Å². The van der Waals surface area contributed by atoms with Crippen LogP contribution in [0, 0.1) is 0 Å². The van der Waals surface area contributed by atoms with Crippen LogP contribution < -0.4 is 10.6 Å². The Morgan fingerprint density at radius 2 is 2.05 bits per heavy atom. The number of hydrogen-bond donors (Lipinski definition) is 2. The number of guanidine groups is 1. The maximum atomic E-state index is 5.17. The lowest BCUT2D eigenvalue weighted by atomic mass is 10.1. The minimum Gasteiger partial charge on any atom is -0.380 e. The number of hydrogen-bond acceptors (Lipinski definition) is 2. The number of ether oxygens (including phenoxy) is 1. The molecular formula is C18H31N3O. The van der Waals surface area contributed by atoms with Crippen molar-refractivity contribution in [2.75, 3.05) is 14.2 Å². The molecule has 0 amide bonds. The van der Waals surface area contributed by atoms with E-state index in [1.54, 1.807) is 7.11 Å². The zero-order valence-electron chi connectivity index (χ0n) is 14.5. The fourth-order valence-electron chi connectivity index (χ4n) is 2.38. The molecule has 1 rings (SSSR count). The second kappa shape index (κ2) is 11.1. The van der Waals surface area contributed by atoms with Gasteiger partial charge in [0.1, 0.15) is 0 Å². The van der Waals surface area contributed by atoms with Crippen LogP contribution in [0.1, 0.15) is 50.7 Å². The third kappa shape index (κ3) is 7.46. The van der Waals surface area contributed by atoms with Crippen LogP contribution in [0.25, 0.3) is 0 Å². The van der Waals surface area contributed by atoms with Crippen molar-refractivity contribution in [3.05, 3.63) is 35.4 Å². The van der Waals surface area contributed by atoms with E-state index in [1.807, 2.05) is 7.05 Å². The first-order valence-electron chi connectivity index (χ1n) is 8.23. The van der Waals surface area contributed by atoms with Gasteiger partial charge in [0, 0.05) is 26.7 Å². The fourth-order valence-corrected chi connectivity index (χ4v) is 2.38. The monoisotopic (exact) mass is 305 g/mol. The molecule has 0 aliphatic rings. The van der Waals surface area contributed by atoms with E-state index >= 15 is 0 Å². The zero-order valence-corrected chi connectivity index (χ0v) is 14.5. The highest BCUT2D eigenvalue weighted by Crippen LogP contribution is 2.06. The van der Waals surface area contributed by atoms with Crippen molar-refractivity contribution in [1.82, 2.24) is 10.6 Å². The molecule has 1 aromatic carbocycles. The van der Waals surface area contributed by atoms with Crippen molar-refractivity contribution < 1.29 is 4.74 Å². The van der Waals surface area contributed by atoms with E-state index in [1.165, 1.54) is 36.8 Å². The summed E-state index contributed by atoms with van der Waals surface area (Å²) in [5.74, 6) is 0.862. The number of unbranched alkanes of at least 4 members (excludes halogenated alkanes) is 2. The van der Waals surface area contributed by atoms with Crippen molar-refractivity contribution in [2.45, 2.75) is 58.7 Å². The molecule has 0 saturated heterocycles. The summed E-state index contributed by atoms with van der Waals surface area (Å²) in [7, 11) is 3.53. The largest absolute Gasteiger partial charge is 0.380 e. The van der Waals surface area contributed by atoms with Gasteiger partial charge in [-0.3, -0.25) is 4.99 Å². The Morgan fingerprint density at radius 1 is 1.27 bits per heavy atom. The van der Waals surface area contributed by atoms with E-state index in [-0.39, 0.29) is 0 Å². The zero-order chi connectivity index (χ0) is 16.2. The molecule has 0 bridgehead atoms. The first kappa shape index (κ1) is 18.5. The highest BCUT2D eigenvalue weighted by atomic mass is 16.5. The molecule has 0 heterocycles. The maximum Gasteiger partial charge on any atom is 0.191 e. The Balaban J connectivity index is 2.41. The summed E-state index contributed by atoms with van der Waals surface area (Å²) in [6.07, 6.45) is 5.00. The third-order valence-corrected chi connectivity index (χ3v) is 3.61. The minimum atomic E-state index is 0.442. The first-order valence-corrected chi connectivity index (χ1v) is 8.23. The van der Waals surface area contributed by atoms with E-state index in [0.717, 1.165) is 12.5 Å². The van der Waals surface area contributed by atoms with E-state index in [9.17, 15) is 0 Å². The van der Waals surface area contributed by atoms with E-state index in [4.69, 9.17) is 4.74 Å². The van der Waals surface area contributed by atoms with Gasteiger partial charge in [0.05, 0.1) is 6.61 Å². The lowest BCUT2D eigenvalue weighted by Crippen LogP contribution is -2.41. The topological polar surface area (TPSA) is 45.7 Å². The second-order valence-electron chi connectivity index (χ2n) is 5.72. The Morgan fingerprint density at radius 3 is 2.73 bits per heavy atom. The maximum absolute atomic E-state index is 5.17. The molecule has 0 saturated carbocycles. The number of rotatable bonds is 9. The van der Waals surface area contributed by atoms with Gasteiger partial charge in [-0.05, 0) is 24.5 Å². The van der Waals surface area contributed by atoms with Crippen LogP contribution in [-0.4, -0.2) is 26.2 Å².